The Morgan fingerprint density at radius 1 is 1.31 bits per heavy atom. The maximum Gasteiger partial charge on any atom is 0.229 e. The summed E-state index contributed by atoms with van der Waals surface area (Å²) in [5.74, 6) is 0. The van der Waals surface area contributed by atoms with Crippen LogP contribution < -0.4 is 4.72 Å². The second kappa shape index (κ2) is 3.87. The van der Waals surface area contributed by atoms with E-state index in [0.717, 1.165) is 12.8 Å². The van der Waals surface area contributed by atoms with Gasteiger partial charge in [0, 0.05) is 9.11 Å². The SMILES string of the molecule is CC1(I)Cc2ccc(NS(C)(=O)=O)cc2C1. The summed E-state index contributed by atoms with van der Waals surface area (Å²) in [5.41, 5.74) is 3.25. The number of fused-ring (bicyclic) bond motifs is 1. The molecule has 2 rings (SSSR count). The summed E-state index contributed by atoms with van der Waals surface area (Å²) >= 11 is 2.46. The maximum absolute atomic E-state index is 11.1. The molecule has 16 heavy (non-hydrogen) atoms. The van der Waals surface area contributed by atoms with Gasteiger partial charge in [-0.3, -0.25) is 4.72 Å². The zero-order valence-electron chi connectivity index (χ0n) is 9.25. The Balaban J connectivity index is 2.30. The zero-order valence-corrected chi connectivity index (χ0v) is 12.2. The van der Waals surface area contributed by atoms with E-state index in [9.17, 15) is 8.42 Å². The van der Waals surface area contributed by atoms with Gasteiger partial charge >= 0.3 is 0 Å². The molecule has 1 atom stereocenters. The fourth-order valence-corrected chi connectivity index (χ4v) is 3.47. The van der Waals surface area contributed by atoms with Crippen molar-refractivity contribution in [3.05, 3.63) is 29.3 Å². The zero-order chi connectivity index (χ0) is 12.0. The third kappa shape index (κ3) is 2.88. The number of benzene rings is 1. The minimum atomic E-state index is -3.18. The first-order valence-electron chi connectivity index (χ1n) is 5.04. The maximum atomic E-state index is 11.1. The van der Waals surface area contributed by atoms with Gasteiger partial charge in [-0.05, 0) is 43.0 Å². The predicted octanol–water partition coefficient (Wildman–Crippen LogP) is 2.35. The molecule has 1 unspecified atom stereocenters. The first-order chi connectivity index (χ1) is 7.25. The summed E-state index contributed by atoms with van der Waals surface area (Å²) in [4.78, 5) is 0. The molecule has 3 nitrogen and oxygen atoms in total. The smallest absolute Gasteiger partial charge is 0.229 e. The standard InChI is InChI=1S/C11H14INO2S/c1-11(12)6-8-3-4-10(5-9(8)7-11)13-16(2,14)15/h3-5,13H,6-7H2,1-2H3. The Labute approximate surface area is 110 Å². The third-order valence-electron chi connectivity index (χ3n) is 2.63. The fraction of sp³-hybridized carbons (Fsp3) is 0.455. The quantitative estimate of drug-likeness (QED) is 0.657. The van der Waals surface area contributed by atoms with Crippen molar-refractivity contribution in [3.63, 3.8) is 0 Å². The Bertz CT molecular complexity index is 523. The molecule has 0 amide bonds. The summed E-state index contributed by atoms with van der Waals surface area (Å²) in [6.07, 6.45) is 3.23. The number of anilines is 1. The van der Waals surface area contributed by atoms with E-state index in [0.29, 0.717) is 5.69 Å². The first-order valence-corrected chi connectivity index (χ1v) is 8.01. The highest BCUT2D eigenvalue weighted by Gasteiger charge is 2.30. The van der Waals surface area contributed by atoms with Gasteiger partial charge < -0.3 is 0 Å². The van der Waals surface area contributed by atoms with E-state index in [-0.39, 0.29) is 3.42 Å². The topological polar surface area (TPSA) is 46.2 Å². The Kier molecular flexibility index (Phi) is 2.94. The van der Waals surface area contributed by atoms with Gasteiger partial charge in [0.15, 0.2) is 0 Å². The van der Waals surface area contributed by atoms with Crippen LogP contribution >= 0.6 is 22.6 Å². The molecular weight excluding hydrogens is 337 g/mol. The van der Waals surface area contributed by atoms with Crippen molar-refractivity contribution < 1.29 is 8.42 Å². The molecule has 0 saturated heterocycles. The summed E-state index contributed by atoms with van der Waals surface area (Å²) < 4.78 is 25.0. The van der Waals surface area contributed by atoms with Gasteiger partial charge in [-0.2, -0.15) is 0 Å². The van der Waals surface area contributed by atoms with Crippen molar-refractivity contribution in [2.45, 2.75) is 23.2 Å². The Morgan fingerprint density at radius 3 is 2.56 bits per heavy atom. The minimum Gasteiger partial charge on any atom is -0.284 e. The summed E-state index contributed by atoms with van der Waals surface area (Å²) in [6.45, 7) is 2.22. The van der Waals surface area contributed by atoms with E-state index in [2.05, 4.69) is 34.2 Å². The lowest BCUT2D eigenvalue weighted by molar-refractivity contribution is 0.607. The Morgan fingerprint density at radius 2 is 1.94 bits per heavy atom. The van der Waals surface area contributed by atoms with Crippen LogP contribution in [0, 0.1) is 0 Å². The van der Waals surface area contributed by atoms with Gasteiger partial charge in [0.05, 0.1) is 6.26 Å². The molecule has 1 aliphatic carbocycles. The van der Waals surface area contributed by atoms with Crippen LogP contribution in [-0.4, -0.2) is 18.1 Å². The van der Waals surface area contributed by atoms with Gasteiger partial charge in [-0.1, -0.05) is 28.7 Å². The number of sulfonamides is 1. The highest BCUT2D eigenvalue weighted by molar-refractivity contribution is 14.1. The molecule has 1 N–H and O–H groups in total. The minimum absolute atomic E-state index is 0.268. The number of hydrogen-bond acceptors (Lipinski definition) is 2. The van der Waals surface area contributed by atoms with Crippen molar-refractivity contribution in [3.8, 4) is 0 Å². The molecule has 1 aliphatic rings. The van der Waals surface area contributed by atoms with Gasteiger partial charge in [0.25, 0.3) is 0 Å². The molecule has 0 aliphatic heterocycles. The first kappa shape index (κ1) is 12.2. The number of alkyl halides is 1. The van der Waals surface area contributed by atoms with Crippen LogP contribution in [-0.2, 0) is 22.9 Å². The molecule has 0 bridgehead atoms. The lowest BCUT2D eigenvalue weighted by Crippen LogP contribution is -2.14. The van der Waals surface area contributed by atoms with Crippen LogP contribution in [0.15, 0.2) is 18.2 Å². The third-order valence-corrected chi connectivity index (χ3v) is 4.00. The van der Waals surface area contributed by atoms with Crippen LogP contribution in [0.2, 0.25) is 0 Å². The average molecular weight is 351 g/mol. The molecule has 0 heterocycles. The van der Waals surface area contributed by atoms with Crippen molar-refractivity contribution >= 4 is 38.3 Å². The van der Waals surface area contributed by atoms with Crippen molar-refractivity contribution in [1.29, 1.82) is 0 Å². The molecule has 0 aromatic heterocycles. The normalized spacial score (nSPS) is 24.2. The van der Waals surface area contributed by atoms with Gasteiger partial charge in [-0.25, -0.2) is 8.42 Å². The van der Waals surface area contributed by atoms with Gasteiger partial charge in [0.2, 0.25) is 10.0 Å². The number of hydrogen-bond donors (Lipinski definition) is 1. The number of halogens is 1. The lowest BCUT2D eigenvalue weighted by Gasteiger charge is -2.12. The van der Waals surface area contributed by atoms with Crippen molar-refractivity contribution in [2.24, 2.45) is 0 Å². The molecular formula is C11H14INO2S. The number of rotatable bonds is 2. The monoisotopic (exact) mass is 351 g/mol. The van der Waals surface area contributed by atoms with Gasteiger partial charge in [0.1, 0.15) is 0 Å². The second-order valence-electron chi connectivity index (χ2n) is 4.62. The summed E-state index contributed by atoms with van der Waals surface area (Å²) in [7, 11) is -3.18. The molecule has 0 saturated carbocycles. The van der Waals surface area contributed by atoms with Crippen LogP contribution in [0.3, 0.4) is 0 Å². The molecule has 0 fully saturated rings. The van der Waals surface area contributed by atoms with Crippen LogP contribution in [0.5, 0.6) is 0 Å². The van der Waals surface area contributed by atoms with Crippen LogP contribution in [0.1, 0.15) is 18.1 Å². The highest BCUT2D eigenvalue weighted by Crippen LogP contribution is 2.37. The molecule has 0 spiro atoms. The van der Waals surface area contributed by atoms with Crippen LogP contribution in [0.4, 0.5) is 5.69 Å². The predicted molar refractivity (Wildman–Crippen MR) is 74.7 cm³/mol. The van der Waals surface area contributed by atoms with E-state index < -0.39 is 10.0 Å². The van der Waals surface area contributed by atoms with E-state index in [1.807, 2.05) is 18.2 Å². The molecule has 5 heteroatoms. The van der Waals surface area contributed by atoms with E-state index in [4.69, 9.17) is 0 Å². The van der Waals surface area contributed by atoms with Gasteiger partial charge in [-0.15, -0.1) is 0 Å². The molecule has 1 aromatic carbocycles. The van der Waals surface area contributed by atoms with E-state index >= 15 is 0 Å². The van der Waals surface area contributed by atoms with E-state index in [1.54, 1.807) is 0 Å². The second-order valence-corrected chi connectivity index (χ2v) is 8.98. The highest BCUT2D eigenvalue weighted by atomic mass is 127. The van der Waals surface area contributed by atoms with Crippen molar-refractivity contribution in [2.75, 3.05) is 11.0 Å². The van der Waals surface area contributed by atoms with Crippen LogP contribution in [0.25, 0.3) is 0 Å². The number of nitrogens with one attached hydrogen (secondary N) is 1. The lowest BCUT2D eigenvalue weighted by atomic mass is 10.1. The summed E-state index contributed by atoms with van der Waals surface area (Å²) in [5, 5.41) is 0. The van der Waals surface area contributed by atoms with E-state index in [1.165, 1.54) is 17.4 Å². The largest absolute Gasteiger partial charge is 0.284 e. The molecule has 1 aromatic rings. The van der Waals surface area contributed by atoms with Crippen molar-refractivity contribution in [1.82, 2.24) is 0 Å². The Hall–Kier alpha value is -0.300. The molecule has 0 radical (unpaired) electrons. The fourth-order valence-electron chi connectivity index (χ4n) is 2.10. The summed E-state index contributed by atoms with van der Waals surface area (Å²) in [6, 6.07) is 5.80. The molecule has 88 valence electrons. The average Bonchev–Trinajstić information content (AvgIpc) is 2.34.